The van der Waals surface area contributed by atoms with Gasteiger partial charge in [0, 0.05) is 0 Å². The molecule has 1 unspecified atom stereocenters. The van der Waals surface area contributed by atoms with Crippen molar-refractivity contribution in [3.63, 3.8) is 0 Å². The average Bonchev–Trinajstić information content (AvgIpc) is 2.53. The molecule has 0 heterocycles. The summed E-state index contributed by atoms with van der Waals surface area (Å²) in [5, 5.41) is 0. The number of esters is 1. The number of hydrogen-bond donors (Lipinski definition) is 0. The lowest BCUT2D eigenvalue weighted by molar-refractivity contribution is -0.168. The van der Waals surface area contributed by atoms with Crippen LogP contribution in [-0.2, 0) is 9.53 Å². The minimum Gasteiger partial charge on any atom is -0.469 e. The second kappa shape index (κ2) is 5.79. The third kappa shape index (κ3) is 2.49. The van der Waals surface area contributed by atoms with Crippen molar-refractivity contribution in [3.05, 3.63) is 22.8 Å². The Kier molecular flexibility index (Phi) is 4.23. The van der Waals surface area contributed by atoms with Gasteiger partial charge >= 0.3 is 5.97 Å². The van der Waals surface area contributed by atoms with E-state index in [1.54, 1.807) is 18.3 Å². The first-order valence-corrected chi connectivity index (χ1v) is 9.28. The van der Waals surface area contributed by atoms with Crippen LogP contribution in [-0.4, -0.2) is 13.1 Å². The minimum atomic E-state index is -0.288. The van der Waals surface area contributed by atoms with Gasteiger partial charge < -0.3 is 4.74 Å². The van der Waals surface area contributed by atoms with Crippen molar-refractivity contribution in [2.45, 2.75) is 72.6 Å². The van der Waals surface area contributed by atoms with Gasteiger partial charge in [-0.2, -0.15) is 0 Å². The van der Waals surface area contributed by atoms with Crippen molar-refractivity contribution in [3.8, 4) is 0 Å². The zero-order valence-electron chi connectivity index (χ0n) is 15.5. The Morgan fingerprint density at radius 2 is 1.91 bits per heavy atom. The van der Waals surface area contributed by atoms with Gasteiger partial charge in [-0.15, -0.1) is 0 Å². The molecule has 0 spiro atoms. The Hall–Kier alpha value is -1.05. The highest BCUT2D eigenvalue weighted by molar-refractivity contribution is 5.77. The lowest BCUT2D eigenvalue weighted by atomic mass is 9.46. The van der Waals surface area contributed by atoms with Crippen LogP contribution < -0.4 is 0 Å². The molecular formula is C21H32O2. The Morgan fingerprint density at radius 3 is 2.57 bits per heavy atom. The molecule has 0 N–H and O–H groups in total. The lowest BCUT2D eigenvalue weighted by Gasteiger charge is -2.58. The number of carbonyl (C=O) groups is 1. The number of allylic oxidation sites excluding steroid dienone is 4. The third-order valence-electron chi connectivity index (χ3n) is 7.30. The molecule has 0 aliphatic heterocycles. The smallest absolute Gasteiger partial charge is 0.311 e. The topological polar surface area (TPSA) is 26.3 Å². The van der Waals surface area contributed by atoms with E-state index in [-0.39, 0.29) is 16.8 Å². The van der Waals surface area contributed by atoms with Crippen LogP contribution in [0.5, 0.6) is 0 Å². The molecule has 0 aromatic heterocycles. The predicted octanol–water partition coefficient (Wildman–Crippen LogP) is 5.44. The van der Waals surface area contributed by atoms with Crippen molar-refractivity contribution in [1.82, 2.24) is 0 Å². The van der Waals surface area contributed by atoms with Crippen molar-refractivity contribution in [2.24, 2.45) is 22.7 Å². The van der Waals surface area contributed by atoms with Gasteiger partial charge in [0.2, 0.25) is 0 Å². The average molecular weight is 316 g/mol. The number of carbonyl (C=O) groups excluding carboxylic acids is 1. The zero-order chi connectivity index (χ0) is 16.8. The standard InChI is InChI=1S/C21H32O2/c1-14(2)15-7-9-17-16(13-15)8-10-18-20(17,3)11-6-12-21(18,4)19(22)23-5/h13,17-18H,6-12H2,1-5H3/t17?,18-,20-,21-/m1/s1. The summed E-state index contributed by atoms with van der Waals surface area (Å²) in [7, 11) is 1.55. The van der Waals surface area contributed by atoms with Crippen LogP contribution in [0.1, 0.15) is 72.6 Å². The van der Waals surface area contributed by atoms with Gasteiger partial charge in [-0.3, -0.25) is 4.79 Å². The zero-order valence-corrected chi connectivity index (χ0v) is 15.5. The molecule has 0 bridgehead atoms. The van der Waals surface area contributed by atoms with Gasteiger partial charge in [0.25, 0.3) is 0 Å². The van der Waals surface area contributed by atoms with Crippen molar-refractivity contribution < 1.29 is 9.53 Å². The summed E-state index contributed by atoms with van der Waals surface area (Å²) in [6.45, 7) is 9.09. The third-order valence-corrected chi connectivity index (χ3v) is 7.30. The molecule has 3 aliphatic rings. The van der Waals surface area contributed by atoms with E-state index < -0.39 is 0 Å². The molecule has 3 aliphatic carbocycles. The summed E-state index contributed by atoms with van der Waals surface area (Å²) in [6.07, 6.45) is 10.7. The number of rotatable bonds is 1. The molecule has 2 heteroatoms. The van der Waals surface area contributed by atoms with Crippen molar-refractivity contribution in [1.29, 1.82) is 0 Å². The van der Waals surface area contributed by atoms with Gasteiger partial charge in [-0.1, -0.05) is 30.6 Å². The van der Waals surface area contributed by atoms with Gasteiger partial charge in [0.05, 0.1) is 12.5 Å². The maximum Gasteiger partial charge on any atom is 0.311 e. The summed E-state index contributed by atoms with van der Waals surface area (Å²) in [6, 6.07) is 0. The van der Waals surface area contributed by atoms with Gasteiger partial charge in [0.15, 0.2) is 0 Å². The molecule has 2 fully saturated rings. The number of fused-ring (bicyclic) bond motifs is 3. The van der Waals surface area contributed by atoms with Crippen molar-refractivity contribution >= 4 is 5.97 Å². The Balaban J connectivity index is 1.98. The van der Waals surface area contributed by atoms with Crippen LogP contribution in [0.3, 0.4) is 0 Å². The van der Waals surface area contributed by atoms with E-state index in [4.69, 9.17) is 4.74 Å². The molecule has 0 aromatic rings. The summed E-state index contributed by atoms with van der Waals surface area (Å²) >= 11 is 0. The molecule has 128 valence electrons. The Bertz CT molecular complexity index is 566. The highest BCUT2D eigenvalue weighted by Crippen LogP contribution is 2.63. The van der Waals surface area contributed by atoms with Crippen molar-refractivity contribution in [2.75, 3.05) is 7.11 Å². The minimum absolute atomic E-state index is 0.0154. The maximum absolute atomic E-state index is 12.5. The molecule has 2 nitrogen and oxygen atoms in total. The van der Waals surface area contributed by atoms with E-state index in [0.29, 0.717) is 11.8 Å². The first-order valence-electron chi connectivity index (χ1n) is 9.28. The summed E-state index contributed by atoms with van der Waals surface area (Å²) in [5.41, 5.74) is 4.64. The SMILES string of the molecule is COC(=O)[C@]1(C)CCC[C@]2(C)C3CCC(=C(C)C)C=C3CC[C@@H]12. The van der Waals surface area contributed by atoms with Crippen LogP contribution in [0.2, 0.25) is 0 Å². The quantitative estimate of drug-likeness (QED) is 0.602. The highest BCUT2D eigenvalue weighted by Gasteiger charge is 2.58. The first-order chi connectivity index (χ1) is 10.8. The summed E-state index contributed by atoms with van der Waals surface area (Å²) in [4.78, 5) is 12.5. The Labute approximate surface area is 141 Å². The summed E-state index contributed by atoms with van der Waals surface area (Å²) in [5.74, 6) is 1.14. The second-order valence-corrected chi connectivity index (χ2v) is 8.70. The van der Waals surface area contributed by atoms with Crippen LogP contribution in [0.15, 0.2) is 22.8 Å². The fourth-order valence-electron chi connectivity index (χ4n) is 6.04. The van der Waals surface area contributed by atoms with Crippen LogP contribution in [0.25, 0.3) is 0 Å². The van der Waals surface area contributed by atoms with E-state index in [0.717, 1.165) is 25.7 Å². The number of ether oxygens (including phenoxy) is 1. The second-order valence-electron chi connectivity index (χ2n) is 8.70. The summed E-state index contributed by atoms with van der Waals surface area (Å²) < 4.78 is 5.21. The lowest BCUT2D eigenvalue weighted by Crippen LogP contribution is -2.54. The van der Waals surface area contributed by atoms with Crippen LogP contribution >= 0.6 is 0 Å². The van der Waals surface area contributed by atoms with Gasteiger partial charge in [-0.05, 0) is 82.1 Å². The van der Waals surface area contributed by atoms with E-state index >= 15 is 0 Å². The molecule has 3 rings (SSSR count). The first kappa shape index (κ1) is 16.8. The monoisotopic (exact) mass is 316 g/mol. The normalized spacial score (nSPS) is 39.9. The van der Waals surface area contributed by atoms with E-state index in [1.807, 2.05) is 0 Å². The van der Waals surface area contributed by atoms with Gasteiger partial charge in [0.1, 0.15) is 0 Å². The fraction of sp³-hybridized carbons (Fsp3) is 0.762. The number of methoxy groups -OCH3 is 1. The molecule has 2 saturated carbocycles. The predicted molar refractivity (Wildman–Crippen MR) is 94.0 cm³/mol. The van der Waals surface area contributed by atoms with E-state index in [1.165, 1.54) is 24.8 Å². The Morgan fingerprint density at radius 1 is 1.17 bits per heavy atom. The highest BCUT2D eigenvalue weighted by atomic mass is 16.5. The molecular weight excluding hydrogens is 284 g/mol. The largest absolute Gasteiger partial charge is 0.469 e. The molecule has 0 saturated heterocycles. The molecule has 0 aromatic carbocycles. The van der Waals surface area contributed by atoms with Crippen LogP contribution in [0, 0.1) is 22.7 Å². The van der Waals surface area contributed by atoms with E-state index in [2.05, 4.69) is 33.8 Å². The number of hydrogen-bond acceptors (Lipinski definition) is 2. The molecule has 0 amide bonds. The van der Waals surface area contributed by atoms with Gasteiger partial charge in [-0.25, -0.2) is 0 Å². The molecule has 0 radical (unpaired) electrons. The molecule has 4 atom stereocenters. The molecule has 23 heavy (non-hydrogen) atoms. The van der Waals surface area contributed by atoms with Crippen LogP contribution in [0.4, 0.5) is 0 Å². The van der Waals surface area contributed by atoms with E-state index in [9.17, 15) is 4.79 Å². The fourth-order valence-corrected chi connectivity index (χ4v) is 6.04. The maximum atomic E-state index is 12.5.